The highest BCUT2D eigenvalue weighted by Crippen LogP contribution is 2.36. The standard InChI is InChI=1S/C22H22FN3O4S/c23-17-11-9-15(10-12-17)21-24-22(30-25-21)16-13-26(14-16)31(27,28)20-8-4-3-7-19(20)29-18-5-1-2-6-18/h3-4,7-12,16,18H,1-2,5-6,13-14H2. The van der Waals surface area contributed by atoms with Gasteiger partial charge in [-0.05, 0) is 62.1 Å². The molecule has 0 radical (unpaired) electrons. The van der Waals surface area contributed by atoms with Gasteiger partial charge in [0.05, 0.1) is 12.0 Å². The summed E-state index contributed by atoms with van der Waals surface area (Å²) in [5.41, 5.74) is 0.637. The lowest BCUT2D eigenvalue weighted by molar-refractivity contribution is 0.200. The predicted molar refractivity (Wildman–Crippen MR) is 111 cm³/mol. The summed E-state index contributed by atoms with van der Waals surface area (Å²) in [4.78, 5) is 4.55. The van der Waals surface area contributed by atoms with Gasteiger partial charge in [-0.1, -0.05) is 17.3 Å². The number of nitrogens with zero attached hydrogens (tertiary/aromatic N) is 3. The van der Waals surface area contributed by atoms with Crippen LogP contribution in [0.25, 0.3) is 11.4 Å². The van der Waals surface area contributed by atoms with Crippen LogP contribution in [0.3, 0.4) is 0 Å². The molecule has 1 aromatic heterocycles. The van der Waals surface area contributed by atoms with Crippen LogP contribution in [0, 0.1) is 5.82 Å². The van der Waals surface area contributed by atoms with Gasteiger partial charge in [-0.15, -0.1) is 0 Å². The Labute approximate surface area is 179 Å². The molecule has 1 aliphatic carbocycles. The fraction of sp³-hybridized carbons (Fsp3) is 0.364. The number of para-hydroxylation sites is 1. The smallest absolute Gasteiger partial charge is 0.246 e. The van der Waals surface area contributed by atoms with E-state index in [9.17, 15) is 12.8 Å². The van der Waals surface area contributed by atoms with E-state index in [1.807, 2.05) is 0 Å². The third-order valence-electron chi connectivity index (χ3n) is 5.80. The lowest BCUT2D eigenvalue weighted by atomic mass is 10.0. The lowest BCUT2D eigenvalue weighted by Crippen LogP contribution is -2.48. The molecule has 0 atom stereocenters. The van der Waals surface area contributed by atoms with Crippen molar-refractivity contribution in [3.05, 3.63) is 60.2 Å². The van der Waals surface area contributed by atoms with Crippen molar-refractivity contribution in [2.75, 3.05) is 13.1 Å². The molecule has 9 heteroatoms. The van der Waals surface area contributed by atoms with E-state index in [0.29, 0.717) is 23.0 Å². The van der Waals surface area contributed by atoms with Crippen molar-refractivity contribution in [3.8, 4) is 17.1 Å². The monoisotopic (exact) mass is 443 g/mol. The lowest BCUT2D eigenvalue weighted by Gasteiger charge is -2.36. The molecule has 0 bridgehead atoms. The molecule has 1 saturated carbocycles. The first-order valence-electron chi connectivity index (χ1n) is 10.4. The fourth-order valence-corrected chi connectivity index (χ4v) is 5.64. The molecule has 2 fully saturated rings. The van der Waals surface area contributed by atoms with E-state index in [0.717, 1.165) is 25.7 Å². The SMILES string of the molecule is O=S(=O)(c1ccccc1OC1CCCC1)N1CC(c2nc(-c3ccc(F)cc3)no2)C1. The second-order valence-corrected chi connectivity index (χ2v) is 9.86. The second kappa shape index (κ2) is 8.05. The highest BCUT2D eigenvalue weighted by Gasteiger charge is 2.41. The first kappa shape index (κ1) is 20.1. The zero-order valence-electron chi connectivity index (χ0n) is 16.8. The topological polar surface area (TPSA) is 85.5 Å². The van der Waals surface area contributed by atoms with Gasteiger partial charge < -0.3 is 9.26 Å². The second-order valence-electron chi connectivity index (χ2n) is 7.95. The van der Waals surface area contributed by atoms with Crippen LogP contribution in [-0.4, -0.2) is 42.1 Å². The Balaban J connectivity index is 1.29. The molecule has 5 rings (SSSR count). The molecule has 0 N–H and O–H groups in total. The summed E-state index contributed by atoms with van der Waals surface area (Å²) in [6.45, 7) is 0.510. The average Bonchev–Trinajstić information content (AvgIpc) is 3.40. The summed E-state index contributed by atoms with van der Waals surface area (Å²) < 4.78 is 52.2. The normalized spacial score (nSPS) is 18.2. The van der Waals surface area contributed by atoms with Gasteiger partial charge in [-0.25, -0.2) is 12.8 Å². The van der Waals surface area contributed by atoms with Crippen LogP contribution in [0.5, 0.6) is 5.75 Å². The van der Waals surface area contributed by atoms with Crippen LogP contribution < -0.4 is 4.74 Å². The van der Waals surface area contributed by atoms with Gasteiger partial charge in [-0.3, -0.25) is 0 Å². The van der Waals surface area contributed by atoms with Gasteiger partial charge in [0.2, 0.25) is 21.7 Å². The summed E-state index contributed by atoms with van der Waals surface area (Å²) in [6, 6.07) is 12.6. The number of halogens is 1. The number of benzene rings is 2. The Bertz CT molecular complexity index is 1170. The van der Waals surface area contributed by atoms with Gasteiger partial charge in [0, 0.05) is 18.7 Å². The van der Waals surface area contributed by atoms with Crippen LogP contribution in [-0.2, 0) is 10.0 Å². The van der Waals surface area contributed by atoms with E-state index in [2.05, 4.69) is 10.1 Å². The molecule has 2 heterocycles. The van der Waals surface area contributed by atoms with E-state index in [1.165, 1.54) is 16.4 Å². The first-order valence-corrected chi connectivity index (χ1v) is 11.8. The zero-order chi connectivity index (χ0) is 21.4. The molecule has 0 unspecified atom stereocenters. The van der Waals surface area contributed by atoms with E-state index >= 15 is 0 Å². The summed E-state index contributed by atoms with van der Waals surface area (Å²) in [7, 11) is -3.69. The molecule has 0 spiro atoms. The molecule has 0 amide bonds. The zero-order valence-corrected chi connectivity index (χ0v) is 17.6. The molecule has 162 valence electrons. The predicted octanol–water partition coefficient (Wildman–Crippen LogP) is 3.99. The number of hydrogen-bond donors (Lipinski definition) is 0. The number of ether oxygens (including phenoxy) is 1. The van der Waals surface area contributed by atoms with Crippen molar-refractivity contribution < 1.29 is 22.1 Å². The minimum absolute atomic E-state index is 0.0729. The summed E-state index contributed by atoms with van der Waals surface area (Å²) in [5.74, 6) is 0.617. The number of aromatic nitrogens is 2. The number of hydrogen-bond acceptors (Lipinski definition) is 6. The van der Waals surface area contributed by atoms with Gasteiger partial charge in [0.25, 0.3) is 0 Å². The molecular weight excluding hydrogens is 421 g/mol. The van der Waals surface area contributed by atoms with Crippen molar-refractivity contribution in [2.24, 2.45) is 0 Å². The summed E-state index contributed by atoms with van der Waals surface area (Å²) in [6.07, 6.45) is 4.19. The van der Waals surface area contributed by atoms with Crippen LogP contribution in [0.1, 0.15) is 37.5 Å². The van der Waals surface area contributed by atoms with Crippen LogP contribution >= 0.6 is 0 Å². The molecule has 1 saturated heterocycles. The van der Waals surface area contributed by atoms with E-state index in [4.69, 9.17) is 9.26 Å². The quantitative estimate of drug-likeness (QED) is 0.573. The molecule has 2 aromatic carbocycles. The Morgan fingerprint density at radius 3 is 2.48 bits per heavy atom. The summed E-state index contributed by atoms with van der Waals surface area (Å²) in [5, 5.41) is 3.94. The van der Waals surface area contributed by atoms with E-state index in [-0.39, 0.29) is 35.8 Å². The Kier molecular flexibility index (Phi) is 5.23. The third-order valence-corrected chi connectivity index (χ3v) is 7.68. The van der Waals surface area contributed by atoms with Crippen LogP contribution in [0.4, 0.5) is 4.39 Å². The molecule has 2 aliphatic rings. The highest BCUT2D eigenvalue weighted by molar-refractivity contribution is 7.89. The van der Waals surface area contributed by atoms with Gasteiger partial charge in [0.15, 0.2) is 0 Å². The molecule has 7 nitrogen and oxygen atoms in total. The maximum atomic E-state index is 13.2. The Morgan fingerprint density at radius 2 is 1.74 bits per heavy atom. The van der Waals surface area contributed by atoms with E-state index < -0.39 is 10.0 Å². The van der Waals surface area contributed by atoms with Crippen molar-refractivity contribution >= 4 is 10.0 Å². The molecule has 3 aromatic rings. The Morgan fingerprint density at radius 1 is 1.03 bits per heavy atom. The molecule has 1 aliphatic heterocycles. The van der Waals surface area contributed by atoms with Crippen molar-refractivity contribution in [2.45, 2.75) is 42.6 Å². The minimum atomic E-state index is -3.69. The molecular formula is C22H22FN3O4S. The van der Waals surface area contributed by atoms with Gasteiger partial charge >= 0.3 is 0 Å². The largest absolute Gasteiger partial charge is 0.489 e. The highest BCUT2D eigenvalue weighted by atomic mass is 32.2. The Hall–Kier alpha value is -2.78. The van der Waals surface area contributed by atoms with Crippen molar-refractivity contribution in [1.82, 2.24) is 14.4 Å². The molecule has 31 heavy (non-hydrogen) atoms. The van der Waals surface area contributed by atoms with Crippen molar-refractivity contribution in [3.63, 3.8) is 0 Å². The first-order chi connectivity index (χ1) is 15.0. The maximum Gasteiger partial charge on any atom is 0.246 e. The minimum Gasteiger partial charge on any atom is -0.489 e. The van der Waals surface area contributed by atoms with Gasteiger partial charge in [0.1, 0.15) is 16.5 Å². The summed E-state index contributed by atoms with van der Waals surface area (Å²) >= 11 is 0. The number of rotatable bonds is 6. The van der Waals surface area contributed by atoms with E-state index in [1.54, 1.807) is 36.4 Å². The van der Waals surface area contributed by atoms with Crippen LogP contribution in [0.2, 0.25) is 0 Å². The maximum absolute atomic E-state index is 13.2. The third kappa shape index (κ3) is 3.95. The average molecular weight is 444 g/mol. The van der Waals surface area contributed by atoms with Crippen LogP contribution in [0.15, 0.2) is 57.9 Å². The van der Waals surface area contributed by atoms with Crippen molar-refractivity contribution in [1.29, 1.82) is 0 Å². The van der Waals surface area contributed by atoms with Gasteiger partial charge in [-0.2, -0.15) is 9.29 Å². The fourth-order valence-electron chi connectivity index (χ4n) is 3.99. The number of sulfonamides is 1.